The SMILES string of the molecule is Cc1cc(C)c(CNC(=O)c2cc(-c3ccc(N4CCN(C(=O)C56CC7CC(CC(C7)C5)C6)CC4)nc3)cc3c2cnn3C(C)C)c(=O)[nH]1. The molecule has 1 aliphatic heterocycles. The summed E-state index contributed by atoms with van der Waals surface area (Å²) in [6.45, 7) is 11.0. The van der Waals surface area contributed by atoms with Crippen LogP contribution in [-0.4, -0.2) is 62.6 Å². The van der Waals surface area contributed by atoms with Crippen LogP contribution < -0.4 is 15.8 Å². The molecule has 5 aliphatic rings. The van der Waals surface area contributed by atoms with Crippen molar-refractivity contribution in [2.75, 3.05) is 31.1 Å². The van der Waals surface area contributed by atoms with E-state index in [-0.39, 0.29) is 29.5 Å². The summed E-state index contributed by atoms with van der Waals surface area (Å²) >= 11 is 0. The smallest absolute Gasteiger partial charge is 0.253 e. The Labute approximate surface area is 287 Å². The summed E-state index contributed by atoms with van der Waals surface area (Å²) in [5.74, 6) is 3.36. The van der Waals surface area contributed by atoms with Gasteiger partial charge in [0.05, 0.1) is 22.7 Å². The molecule has 4 aliphatic carbocycles. The zero-order valence-electron chi connectivity index (χ0n) is 29.1. The van der Waals surface area contributed by atoms with Gasteiger partial charge in [-0.15, -0.1) is 0 Å². The van der Waals surface area contributed by atoms with Gasteiger partial charge in [0.15, 0.2) is 0 Å². The number of aromatic nitrogens is 4. The van der Waals surface area contributed by atoms with Gasteiger partial charge in [-0.3, -0.25) is 19.1 Å². The number of anilines is 1. The van der Waals surface area contributed by atoms with Gasteiger partial charge in [0.25, 0.3) is 11.5 Å². The molecule has 2 N–H and O–H groups in total. The van der Waals surface area contributed by atoms with Gasteiger partial charge >= 0.3 is 0 Å². The highest BCUT2D eigenvalue weighted by Gasteiger charge is 2.55. The highest BCUT2D eigenvalue weighted by molar-refractivity contribution is 6.08. The summed E-state index contributed by atoms with van der Waals surface area (Å²) in [6, 6.07) is 10.1. The Bertz CT molecular complexity index is 1950. The zero-order valence-corrected chi connectivity index (χ0v) is 29.1. The lowest BCUT2D eigenvalue weighted by atomic mass is 9.49. The Morgan fingerprint density at radius 2 is 1.63 bits per heavy atom. The summed E-state index contributed by atoms with van der Waals surface area (Å²) in [5.41, 5.74) is 5.04. The molecule has 4 aromatic rings. The molecular weight excluding hydrogens is 614 g/mol. The molecule has 10 heteroatoms. The number of H-pyrrole nitrogens is 1. The minimum absolute atomic E-state index is 0.0875. The molecule has 10 nitrogen and oxygen atoms in total. The number of piperazine rings is 1. The first-order chi connectivity index (χ1) is 23.6. The number of hydrogen-bond acceptors (Lipinski definition) is 6. The van der Waals surface area contributed by atoms with Gasteiger partial charge in [0, 0.05) is 67.2 Å². The Balaban J connectivity index is 0.990. The van der Waals surface area contributed by atoms with Crippen LogP contribution in [0.1, 0.15) is 85.6 Å². The van der Waals surface area contributed by atoms with Gasteiger partial charge in [-0.1, -0.05) is 0 Å². The average Bonchev–Trinajstić information content (AvgIpc) is 3.51. The summed E-state index contributed by atoms with van der Waals surface area (Å²) in [7, 11) is 0. The van der Waals surface area contributed by atoms with Crippen LogP contribution in [0.3, 0.4) is 0 Å². The number of carbonyl (C=O) groups is 2. The third-order valence-electron chi connectivity index (χ3n) is 11.8. The van der Waals surface area contributed by atoms with Crippen LogP contribution in [0, 0.1) is 37.0 Å². The number of pyridine rings is 2. The second-order valence-corrected chi connectivity index (χ2v) is 15.6. The van der Waals surface area contributed by atoms with E-state index < -0.39 is 0 Å². The maximum atomic E-state index is 13.9. The lowest BCUT2D eigenvalue weighted by Crippen LogP contribution is -2.58. The van der Waals surface area contributed by atoms with Crippen molar-refractivity contribution in [3.05, 3.63) is 75.5 Å². The monoisotopic (exact) mass is 661 g/mol. The zero-order chi connectivity index (χ0) is 34.0. The molecule has 3 aromatic heterocycles. The van der Waals surface area contributed by atoms with Crippen LogP contribution in [-0.2, 0) is 11.3 Å². The minimum Gasteiger partial charge on any atom is -0.353 e. The normalized spacial score (nSPS) is 24.6. The molecule has 49 heavy (non-hydrogen) atoms. The molecule has 5 fully saturated rings. The second kappa shape index (κ2) is 12.1. The summed E-state index contributed by atoms with van der Waals surface area (Å²) < 4.78 is 1.93. The minimum atomic E-state index is -0.264. The fraction of sp³-hybridized carbons (Fsp3) is 0.513. The van der Waals surface area contributed by atoms with Gasteiger partial charge in [0.2, 0.25) is 5.91 Å². The van der Waals surface area contributed by atoms with Crippen molar-refractivity contribution in [2.24, 2.45) is 23.2 Å². The van der Waals surface area contributed by atoms with Crippen LogP contribution in [0.15, 0.2) is 47.5 Å². The molecule has 0 atom stereocenters. The Morgan fingerprint density at radius 3 is 2.24 bits per heavy atom. The molecule has 1 aromatic carbocycles. The van der Waals surface area contributed by atoms with Crippen molar-refractivity contribution in [1.82, 2.24) is 30.0 Å². The van der Waals surface area contributed by atoms with Crippen molar-refractivity contribution in [3.63, 3.8) is 0 Å². The first-order valence-corrected chi connectivity index (χ1v) is 18.1. The van der Waals surface area contributed by atoms with Gasteiger partial charge in [-0.25, -0.2) is 4.98 Å². The average molecular weight is 662 g/mol. The number of fused-ring (bicyclic) bond motifs is 1. The lowest BCUT2D eigenvalue weighted by molar-refractivity contribution is -0.158. The van der Waals surface area contributed by atoms with Crippen molar-refractivity contribution in [3.8, 4) is 11.1 Å². The maximum absolute atomic E-state index is 13.9. The van der Waals surface area contributed by atoms with E-state index in [9.17, 15) is 14.4 Å². The Morgan fingerprint density at radius 1 is 0.939 bits per heavy atom. The molecule has 256 valence electrons. The van der Waals surface area contributed by atoms with Gasteiger partial charge in [-0.2, -0.15) is 5.10 Å². The van der Waals surface area contributed by atoms with Crippen LogP contribution >= 0.6 is 0 Å². The van der Waals surface area contributed by atoms with Crippen molar-refractivity contribution in [2.45, 2.75) is 78.8 Å². The summed E-state index contributed by atoms with van der Waals surface area (Å²) in [5, 5.41) is 8.34. The number of carbonyl (C=O) groups excluding carboxylic acids is 2. The van der Waals surface area contributed by atoms with Crippen LogP contribution in [0.2, 0.25) is 0 Å². The van der Waals surface area contributed by atoms with Gasteiger partial charge in [0.1, 0.15) is 5.82 Å². The predicted octanol–water partition coefficient (Wildman–Crippen LogP) is 5.78. The molecule has 4 bridgehead atoms. The summed E-state index contributed by atoms with van der Waals surface area (Å²) in [4.78, 5) is 52.3. The quantitative estimate of drug-likeness (QED) is 0.260. The predicted molar refractivity (Wildman–Crippen MR) is 190 cm³/mol. The highest BCUT2D eigenvalue weighted by atomic mass is 16.2. The van der Waals surface area contributed by atoms with Gasteiger partial charge < -0.3 is 20.1 Å². The number of amides is 2. The molecule has 0 radical (unpaired) electrons. The number of hydrogen-bond donors (Lipinski definition) is 2. The number of aryl methyl sites for hydroxylation is 2. The number of rotatable bonds is 7. The van der Waals surface area contributed by atoms with Crippen LogP contribution in [0.4, 0.5) is 5.82 Å². The molecule has 4 saturated carbocycles. The number of nitrogens with one attached hydrogen (secondary N) is 2. The van der Waals surface area contributed by atoms with Crippen LogP contribution in [0.5, 0.6) is 0 Å². The number of benzene rings is 1. The topological polar surface area (TPSA) is 116 Å². The van der Waals surface area contributed by atoms with E-state index in [2.05, 4.69) is 51.2 Å². The maximum Gasteiger partial charge on any atom is 0.253 e. The molecule has 9 rings (SSSR count). The van der Waals surface area contributed by atoms with E-state index in [4.69, 9.17) is 4.98 Å². The molecule has 1 saturated heterocycles. The molecular formula is C39H47N7O3. The fourth-order valence-electron chi connectivity index (χ4n) is 9.87. The van der Waals surface area contributed by atoms with Crippen molar-refractivity contribution < 1.29 is 9.59 Å². The lowest BCUT2D eigenvalue weighted by Gasteiger charge is -2.57. The molecule has 2 amide bonds. The fourth-order valence-corrected chi connectivity index (χ4v) is 9.87. The highest BCUT2D eigenvalue weighted by Crippen LogP contribution is 2.60. The van der Waals surface area contributed by atoms with Crippen molar-refractivity contribution >= 4 is 28.5 Å². The number of aromatic amines is 1. The second-order valence-electron chi connectivity index (χ2n) is 15.6. The van der Waals surface area contributed by atoms with E-state index in [1.54, 1.807) is 6.20 Å². The largest absolute Gasteiger partial charge is 0.353 e. The van der Waals surface area contributed by atoms with E-state index in [0.29, 0.717) is 17.0 Å². The summed E-state index contributed by atoms with van der Waals surface area (Å²) in [6.07, 6.45) is 11.0. The third-order valence-corrected chi connectivity index (χ3v) is 11.8. The van der Waals surface area contributed by atoms with E-state index >= 15 is 0 Å². The molecule has 0 unspecified atom stereocenters. The Hall–Kier alpha value is -4.47. The van der Waals surface area contributed by atoms with E-state index in [1.807, 2.05) is 42.9 Å². The number of nitrogens with zero attached hydrogens (tertiary/aromatic N) is 5. The molecule has 0 spiro atoms. The Kier molecular flexibility index (Phi) is 7.87. The first kappa shape index (κ1) is 31.8. The third kappa shape index (κ3) is 5.72. The van der Waals surface area contributed by atoms with Crippen molar-refractivity contribution in [1.29, 1.82) is 0 Å². The van der Waals surface area contributed by atoms with E-state index in [1.165, 1.54) is 19.3 Å². The molecule has 4 heterocycles. The van der Waals surface area contributed by atoms with E-state index in [0.717, 1.165) is 102 Å². The standard InChI is InChI=1S/C39H47N7O3/c1-23(2)46-34-16-30(15-31(33(34)22-42-46)36(47)41-21-32-24(3)11-25(4)43-37(32)48)29-5-6-35(40-20-29)44-7-9-45(10-8-44)38(49)39-17-26-12-27(18-39)14-28(13-26)19-39/h5-6,11,15-16,20,22-23,26-28H,7-10,12-14,17-19,21H2,1-4H3,(H,41,47)(H,43,48). The van der Waals surface area contributed by atoms with Gasteiger partial charge in [-0.05, 0) is 125 Å². The first-order valence-electron chi connectivity index (χ1n) is 18.1. The van der Waals surface area contributed by atoms with Crippen LogP contribution in [0.25, 0.3) is 22.0 Å².